The molecular formula is C14H21IN4S2. The zero-order valence-corrected chi connectivity index (χ0v) is 16.2. The third-order valence-corrected chi connectivity index (χ3v) is 4.68. The summed E-state index contributed by atoms with van der Waals surface area (Å²) in [5.41, 5.74) is 0. The molecule has 2 aromatic heterocycles. The number of hydrogen-bond donors (Lipinski definition) is 2. The number of nitrogens with zero attached hydrogens (tertiary/aromatic N) is 2. The van der Waals surface area contributed by atoms with Crippen molar-refractivity contribution >= 4 is 52.6 Å². The van der Waals surface area contributed by atoms with E-state index in [0.29, 0.717) is 0 Å². The summed E-state index contributed by atoms with van der Waals surface area (Å²) < 4.78 is 0. The van der Waals surface area contributed by atoms with E-state index in [1.807, 2.05) is 6.20 Å². The van der Waals surface area contributed by atoms with Gasteiger partial charge in [0.15, 0.2) is 5.96 Å². The maximum atomic E-state index is 4.35. The van der Waals surface area contributed by atoms with Crippen LogP contribution in [0.1, 0.15) is 14.8 Å². The van der Waals surface area contributed by atoms with Gasteiger partial charge in [0.2, 0.25) is 0 Å². The third kappa shape index (κ3) is 6.75. The molecule has 0 aliphatic rings. The highest BCUT2D eigenvalue weighted by Crippen LogP contribution is 2.11. The Kier molecular flexibility index (Phi) is 8.86. The first-order chi connectivity index (χ1) is 9.78. The van der Waals surface area contributed by atoms with Crippen molar-refractivity contribution in [2.75, 3.05) is 20.1 Å². The molecule has 0 aliphatic carbocycles. The number of thiazole rings is 1. The van der Waals surface area contributed by atoms with E-state index in [2.05, 4.69) is 45.0 Å². The Morgan fingerprint density at radius 1 is 1.29 bits per heavy atom. The number of aromatic nitrogens is 1. The molecule has 0 saturated carbocycles. The Morgan fingerprint density at radius 2 is 2.05 bits per heavy atom. The lowest BCUT2D eigenvalue weighted by Crippen LogP contribution is -2.39. The van der Waals surface area contributed by atoms with E-state index < -0.39 is 0 Å². The van der Waals surface area contributed by atoms with Crippen LogP contribution in [-0.2, 0) is 12.8 Å². The molecule has 116 valence electrons. The Bertz CT molecular complexity index is 537. The van der Waals surface area contributed by atoms with Crippen LogP contribution < -0.4 is 10.6 Å². The number of aliphatic imine (C=N–C) groups is 1. The van der Waals surface area contributed by atoms with E-state index in [0.717, 1.165) is 31.9 Å². The number of thiophene rings is 1. The standard InChI is InChI=1S/C14H20N4S2.HI/c1-11-10-18-13(20-11)6-8-17-14(15-2)16-7-5-12-4-3-9-19-12;/h3-4,9-10H,5-8H2,1-2H3,(H2,15,16,17);1H. The van der Waals surface area contributed by atoms with E-state index >= 15 is 0 Å². The lowest BCUT2D eigenvalue weighted by Gasteiger charge is -2.10. The summed E-state index contributed by atoms with van der Waals surface area (Å²) >= 11 is 3.55. The summed E-state index contributed by atoms with van der Waals surface area (Å²) in [5.74, 6) is 0.856. The quantitative estimate of drug-likeness (QED) is 0.416. The van der Waals surface area contributed by atoms with Gasteiger partial charge in [0.05, 0.1) is 5.01 Å². The molecule has 0 aliphatic heterocycles. The van der Waals surface area contributed by atoms with Gasteiger partial charge in [-0.3, -0.25) is 4.99 Å². The van der Waals surface area contributed by atoms with E-state index in [-0.39, 0.29) is 24.0 Å². The van der Waals surface area contributed by atoms with Crippen molar-refractivity contribution in [1.82, 2.24) is 15.6 Å². The number of halogens is 1. The molecule has 0 saturated heterocycles. The monoisotopic (exact) mass is 436 g/mol. The number of guanidine groups is 1. The minimum absolute atomic E-state index is 0. The lowest BCUT2D eigenvalue weighted by molar-refractivity contribution is 0.785. The summed E-state index contributed by atoms with van der Waals surface area (Å²) in [7, 11) is 1.80. The summed E-state index contributed by atoms with van der Waals surface area (Å²) in [5, 5.41) is 9.92. The maximum absolute atomic E-state index is 4.35. The van der Waals surface area contributed by atoms with Crippen molar-refractivity contribution in [1.29, 1.82) is 0 Å². The molecule has 21 heavy (non-hydrogen) atoms. The smallest absolute Gasteiger partial charge is 0.191 e. The van der Waals surface area contributed by atoms with Crippen LogP contribution in [0.4, 0.5) is 0 Å². The second-order valence-corrected chi connectivity index (χ2v) is 6.72. The molecule has 2 aromatic rings. The first-order valence-corrected chi connectivity index (χ1v) is 8.36. The van der Waals surface area contributed by atoms with E-state index in [9.17, 15) is 0 Å². The summed E-state index contributed by atoms with van der Waals surface area (Å²) in [6.07, 6.45) is 3.89. The van der Waals surface area contributed by atoms with Gasteiger partial charge in [-0.1, -0.05) is 6.07 Å². The van der Waals surface area contributed by atoms with Gasteiger partial charge >= 0.3 is 0 Å². The molecule has 2 heterocycles. The lowest BCUT2D eigenvalue weighted by atomic mass is 10.3. The van der Waals surface area contributed by atoms with Crippen LogP contribution in [-0.4, -0.2) is 31.1 Å². The van der Waals surface area contributed by atoms with Crippen molar-refractivity contribution in [3.63, 3.8) is 0 Å². The third-order valence-electron chi connectivity index (χ3n) is 2.77. The Labute approximate surface area is 151 Å². The second-order valence-electron chi connectivity index (χ2n) is 4.37. The number of aryl methyl sites for hydroxylation is 1. The number of rotatable bonds is 6. The number of nitrogens with one attached hydrogen (secondary N) is 2. The maximum Gasteiger partial charge on any atom is 0.191 e. The fourth-order valence-electron chi connectivity index (χ4n) is 1.78. The Morgan fingerprint density at radius 3 is 2.62 bits per heavy atom. The molecule has 0 bridgehead atoms. The molecule has 7 heteroatoms. The highest BCUT2D eigenvalue weighted by molar-refractivity contribution is 14.0. The van der Waals surface area contributed by atoms with Crippen LogP contribution in [0.25, 0.3) is 0 Å². The van der Waals surface area contributed by atoms with Gasteiger partial charge < -0.3 is 10.6 Å². The van der Waals surface area contributed by atoms with Crippen molar-refractivity contribution in [2.24, 2.45) is 4.99 Å². The molecule has 0 aromatic carbocycles. The van der Waals surface area contributed by atoms with Crippen LogP contribution in [0, 0.1) is 6.92 Å². The Hall–Kier alpha value is -0.670. The average Bonchev–Trinajstić information content (AvgIpc) is 3.09. The predicted octanol–water partition coefficient (Wildman–Crippen LogP) is 3.08. The molecule has 0 radical (unpaired) electrons. The topological polar surface area (TPSA) is 49.3 Å². The second kappa shape index (κ2) is 10.1. The first-order valence-electron chi connectivity index (χ1n) is 6.66. The van der Waals surface area contributed by atoms with Gasteiger partial charge in [-0.25, -0.2) is 4.98 Å². The van der Waals surface area contributed by atoms with Crippen LogP contribution in [0.2, 0.25) is 0 Å². The summed E-state index contributed by atoms with van der Waals surface area (Å²) in [6.45, 7) is 3.84. The van der Waals surface area contributed by atoms with Gasteiger partial charge in [0.25, 0.3) is 0 Å². The fraction of sp³-hybridized carbons (Fsp3) is 0.429. The summed E-state index contributed by atoms with van der Waals surface area (Å²) in [4.78, 5) is 11.2. The SMILES string of the molecule is CN=C(NCCc1cccs1)NCCc1ncc(C)s1.I. The van der Waals surface area contributed by atoms with Gasteiger partial charge in [0.1, 0.15) is 0 Å². The van der Waals surface area contributed by atoms with Crippen LogP contribution in [0.15, 0.2) is 28.7 Å². The predicted molar refractivity (Wildman–Crippen MR) is 103 cm³/mol. The van der Waals surface area contributed by atoms with Gasteiger partial charge in [-0.2, -0.15) is 0 Å². The molecule has 2 rings (SSSR count). The molecule has 2 N–H and O–H groups in total. The molecule has 0 unspecified atom stereocenters. The molecule has 4 nitrogen and oxygen atoms in total. The van der Waals surface area contributed by atoms with Gasteiger partial charge in [-0.05, 0) is 24.8 Å². The van der Waals surface area contributed by atoms with Crippen molar-refractivity contribution < 1.29 is 0 Å². The highest BCUT2D eigenvalue weighted by atomic mass is 127. The zero-order chi connectivity index (χ0) is 14.2. The van der Waals surface area contributed by atoms with Gasteiger partial charge in [-0.15, -0.1) is 46.7 Å². The van der Waals surface area contributed by atoms with E-state index in [1.165, 1.54) is 14.8 Å². The molecule has 0 fully saturated rings. The van der Waals surface area contributed by atoms with Crippen LogP contribution in [0.3, 0.4) is 0 Å². The minimum Gasteiger partial charge on any atom is -0.356 e. The van der Waals surface area contributed by atoms with Crippen LogP contribution in [0.5, 0.6) is 0 Å². The fourth-order valence-corrected chi connectivity index (χ4v) is 3.28. The Balaban J connectivity index is 0.00000220. The number of hydrogen-bond acceptors (Lipinski definition) is 4. The van der Waals surface area contributed by atoms with E-state index in [4.69, 9.17) is 0 Å². The highest BCUT2D eigenvalue weighted by Gasteiger charge is 2.01. The largest absolute Gasteiger partial charge is 0.356 e. The minimum atomic E-state index is 0. The first kappa shape index (κ1) is 18.4. The zero-order valence-electron chi connectivity index (χ0n) is 12.3. The molecular weight excluding hydrogens is 415 g/mol. The van der Waals surface area contributed by atoms with Crippen LogP contribution >= 0.6 is 46.7 Å². The van der Waals surface area contributed by atoms with E-state index in [1.54, 1.807) is 29.7 Å². The molecule has 0 amide bonds. The van der Waals surface area contributed by atoms with Crippen molar-refractivity contribution in [3.8, 4) is 0 Å². The molecule has 0 spiro atoms. The average molecular weight is 436 g/mol. The van der Waals surface area contributed by atoms with Crippen molar-refractivity contribution in [2.45, 2.75) is 19.8 Å². The molecule has 0 atom stereocenters. The van der Waals surface area contributed by atoms with Crippen molar-refractivity contribution in [3.05, 3.63) is 38.5 Å². The summed E-state index contributed by atoms with van der Waals surface area (Å²) in [6, 6.07) is 4.25. The van der Waals surface area contributed by atoms with Gasteiger partial charge in [0, 0.05) is 42.5 Å². The normalized spacial score (nSPS) is 11.0.